The van der Waals surface area contributed by atoms with Gasteiger partial charge in [-0.25, -0.2) is 0 Å². The van der Waals surface area contributed by atoms with Crippen LogP contribution in [0.15, 0.2) is 24.3 Å². The molecule has 0 heterocycles. The molecular formula is C26H34O4. The maximum absolute atomic E-state index is 12.2. The van der Waals surface area contributed by atoms with E-state index in [1.807, 2.05) is 24.3 Å². The van der Waals surface area contributed by atoms with Crippen LogP contribution >= 0.6 is 0 Å². The Morgan fingerprint density at radius 3 is 1.43 bits per heavy atom. The van der Waals surface area contributed by atoms with Gasteiger partial charge in [-0.05, 0) is 85.2 Å². The minimum atomic E-state index is -0.0637. The summed E-state index contributed by atoms with van der Waals surface area (Å²) in [5.74, 6) is 4.21. The van der Waals surface area contributed by atoms with Crippen LogP contribution in [-0.2, 0) is 32.3 Å². The summed E-state index contributed by atoms with van der Waals surface area (Å²) < 4.78 is 11.0. The second kappa shape index (κ2) is 8.72. The van der Waals surface area contributed by atoms with E-state index < -0.39 is 0 Å². The Balaban J connectivity index is 1.01. The molecular weight excluding hydrogens is 376 g/mol. The maximum atomic E-state index is 12.2. The predicted octanol–water partition coefficient (Wildman–Crippen LogP) is 5.43. The first-order valence-electron chi connectivity index (χ1n) is 12.0. The van der Waals surface area contributed by atoms with E-state index in [0.29, 0.717) is 37.9 Å². The highest BCUT2D eigenvalue weighted by atomic mass is 16.5. The smallest absolute Gasteiger partial charge is 0.306 e. The van der Waals surface area contributed by atoms with Crippen molar-refractivity contribution in [3.8, 4) is 0 Å². The monoisotopic (exact) mass is 410 g/mol. The van der Waals surface area contributed by atoms with E-state index in [0.717, 1.165) is 34.8 Å². The Morgan fingerprint density at radius 2 is 1.10 bits per heavy atom. The van der Waals surface area contributed by atoms with Crippen LogP contribution in [0.2, 0.25) is 0 Å². The lowest BCUT2D eigenvalue weighted by molar-refractivity contribution is -0.147. The second-order valence-corrected chi connectivity index (χ2v) is 10.4. The number of hydrogen-bond donors (Lipinski definition) is 0. The van der Waals surface area contributed by atoms with E-state index in [9.17, 15) is 9.59 Å². The lowest BCUT2D eigenvalue weighted by atomic mass is 9.86. The van der Waals surface area contributed by atoms with E-state index in [-0.39, 0.29) is 11.9 Å². The molecule has 0 aromatic heterocycles. The highest BCUT2D eigenvalue weighted by Crippen LogP contribution is 2.50. The first kappa shape index (κ1) is 20.1. The van der Waals surface area contributed by atoms with Crippen LogP contribution in [0.1, 0.15) is 75.3 Å². The highest BCUT2D eigenvalue weighted by molar-refractivity contribution is 5.70. The topological polar surface area (TPSA) is 52.6 Å². The van der Waals surface area contributed by atoms with Crippen LogP contribution in [0, 0.1) is 35.5 Å². The number of benzene rings is 1. The van der Waals surface area contributed by atoms with Crippen molar-refractivity contribution < 1.29 is 19.1 Å². The third-order valence-corrected chi connectivity index (χ3v) is 8.45. The van der Waals surface area contributed by atoms with Gasteiger partial charge in [0, 0.05) is 12.8 Å². The SMILES string of the molecule is O=C(CC1CC2CCC1C2)OCc1ccc(COC(=O)CC2CC3CCC2C3)cc1. The van der Waals surface area contributed by atoms with E-state index in [2.05, 4.69) is 0 Å². The van der Waals surface area contributed by atoms with Crippen molar-refractivity contribution in [1.82, 2.24) is 0 Å². The van der Waals surface area contributed by atoms with Gasteiger partial charge in [-0.3, -0.25) is 9.59 Å². The largest absolute Gasteiger partial charge is 0.461 e. The molecule has 0 N–H and O–H groups in total. The second-order valence-electron chi connectivity index (χ2n) is 10.4. The fourth-order valence-electron chi connectivity index (χ4n) is 6.86. The molecule has 0 aliphatic heterocycles. The molecule has 6 atom stereocenters. The zero-order valence-corrected chi connectivity index (χ0v) is 17.9. The molecule has 4 saturated carbocycles. The van der Waals surface area contributed by atoms with E-state index >= 15 is 0 Å². The number of carbonyl (C=O) groups excluding carboxylic acids is 2. The van der Waals surface area contributed by atoms with Crippen LogP contribution in [0.5, 0.6) is 0 Å². The van der Waals surface area contributed by atoms with E-state index in [1.165, 1.54) is 51.4 Å². The number of fused-ring (bicyclic) bond motifs is 4. The number of hydrogen-bond acceptors (Lipinski definition) is 4. The lowest BCUT2D eigenvalue weighted by Crippen LogP contribution is -2.17. The number of carbonyl (C=O) groups is 2. The summed E-state index contributed by atoms with van der Waals surface area (Å²) in [6.45, 7) is 0.647. The van der Waals surface area contributed by atoms with Crippen molar-refractivity contribution in [2.45, 2.75) is 77.4 Å². The zero-order valence-electron chi connectivity index (χ0n) is 17.9. The van der Waals surface area contributed by atoms with Gasteiger partial charge in [0.1, 0.15) is 13.2 Å². The molecule has 0 saturated heterocycles. The van der Waals surface area contributed by atoms with Crippen molar-refractivity contribution in [1.29, 1.82) is 0 Å². The van der Waals surface area contributed by atoms with E-state index in [4.69, 9.17) is 9.47 Å². The third-order valence-electron chi connectivity index (χ3n) is 8.45. The van der Waals surface area contributed by atoms with Crippen LogP contribution < -0.4 is 0 Å². The van der Waals surface area contributed by atoms with Gasteiger partial charge in [-0.15, -0.1) is 0 Å². The third kappa shape index (κ3) is 4.58. The molecule has 1 aromatic rings. The molecule has 5 rings (SSSR count). The van der Waals surface area contributed by atoms with Crippen molar-refractivity contribution in [3.63, 3.8) is 0 Å². The molecule has 0 spiro atoms. The summed E-state index contributed by atoms with van der Waals surface area (Å²) in [5, 5.41) is 0. The molecule has 0 radical (unpaired) electrons. The fraction of sp³-hybridized carbons (Fsp3) is 0.692. The molecule has 4 heteroatoms. The average molecular weight is 411 g/mol. The van der Waals surface area contributed by atoms with Crippen LogP contribution in [-0.4, -0.2) is 11.9 Å². The number of ether oxygens (including phenoxy) is 2. The predicted molar refractivity (Wildman–Crippen MR) is 113 cm³/mol. The molecule has 1 aromatic carbocycles. The van der Waals surface area contributed by atoms with Gasteiger partial charge in [0.25, 0.3) is 0 Å². The maximum Gasteiger partial charge on any atom is 0.306 e. The van der Waals surface area contributed by atoms with Crippen molar-refractivity contribution in [2.24, 2.45) is 35.5 Å². The molecule has 0 amide bonds. The van der Waals surface area contributed by atoms with Crippen molar-refractivity contribution in [2.75, 3.05) is 0 Å². The molecule has 162 valence electrons. The van der Waals surface area contributed by atoms with Gasteiger partial charge in [0.15, 0.2) is 0 Å². The number of esters is 2. The van der Waals surface area contributed by atoms with Crippen LogP contribution in [0.3, 0.4) is 0 Å². The standard InChI is InChI=1S/C26H34O4/c27-25(13-23-11-19-5-7-21(23)9-19)29-15-17-1-2-18(4-3-17)16-30-26(28)14-24-12-20-6-8-22(24)10-20/h1-4,19-24H,5-16H2. The quantitative estimate of drug-likeness (QED) is 0.537. The Kier molecular flexibility index (Phi) is 5.84. The van der Waals surface area contributed by atoms with Gasteiger partial charge in [-0.2, -0.15) is 0 Å². The molecule has 4 aliphatic carbocycles. The molecule has 4 nitrogen and oxygen atoms in total. The average Bonchev–Trinajstić information content (AvgIpc) is 3.53. The van der Waals surface area contributed by atoms with Crippen LogP contribution in [0.25, 0.3) is 0 Å². The Morgan fingerprint density at radius 1 is 0.667 bits per heavy atom. The van der Waals surface area contributed by atoms with Crippen molar-refractivity contribution >= 4 is 11.9 Å². The first-order chi connectivity index (χ1) is 14.6. The summed E-state index contributed by atoms with van der Waals surface area (Å²) in [4.78, 5) is 24.4. The summed E-state index contributed by atoms with van der Waals surface area (Å²) in [6.07, 6.45) is 11.6. The van der Waals surface area contributed by atoms with Gasteiger partial charge < -0.3 is 9.47 Å². The van der Waals surface area contributed by atoms with Crippen LogP contribution in [0.4, 0.5) is 0 Å². The van der Waals surface area contributed by atoms with Crippen molar-refractivity contribution in [3.05, 3.63) is 35.4 Å². The molecule has 6 unspecified atom stereocenters. The zero-order chi connectivity index (χ0) is 20.5. The Hall–Kier alpha value is -1.84. The fourth-order valence-corrected chi connectivity index (χ4v) is 6.86. The minimum absolute atomic E-state index is 0.0637. The lowest BCUT2D eigenvalue weighted by Gasteiger charge is -2.20. The summed E-state index contributed by atoms with van der Waals surface area (Å²) >= 11 is 0. The minimum Gasteiger partial charge on any atom is -0.461 e. The van der Waals surface area contributed by atoms with Gasteiger partial charge in [-0.1, -0.05) is 37.1 Å². The van der Waals surface area contributed by atoms with Gasteiger partial charge >= 0.3 is 11.9 Å². The first-order valence-corrected chi connectivity index (χ1v) is 12.0. The number of rotatable bonds is 8. The summed E-state index contributed by atoms with van der Waals surface area (Å²) in [5.41, 5.74) is 1.96. The van der Waals surface area contributed by atoms with E-state index in [1.54, 1.807) is 0 Å². The Bertz CT molecular complexity index is 705. The molecule has 4 bridgehead atoms. The van der Waals surface area contributed by atoms with Gasteiger partial charge in [0.2, 0.25) is 0 Å². The summed E-state index contributed by atoms with van der Waals surface area (Å²) in [7, 11) is 0. The Labute approximate surface area is 179 Å². The molecule has 4 fully saturated rings. The van der Waals surface area contributed by atoms with Gasteiger partial charge in [0.05, 0.1) is 0 Å². The summed E-state index contributed by atoms with van der Waals surface area (Å²) in [6, 6.07) is 7.85. The normalized spacial score (nSPS) is 33.7. The highest BCUT2D eigenvalue weighted by Gasteiger charge is 2.41. The molecule has 4 aliphatic rings. The molecule has 30 heavy (non-hydrogen) atoms.